The maximum Gasteiger partial charge on any atom is 0.120 e. The van der Waals surface area contributed by atoms with Crippen LogP contribution in [0.3, 0.4) is 0 Å². The van der Waals surface area contributed by atoms with Gasteiger partial charge in [-0.25, -0.2) is 0 Å². The summed E-state index contributed by atoms with van der Waals surface area (Å²) in [6.45, 7) is 6.41. The summed E-state index contributed by atoms with van der Waals surface area (Å²) in [6, 6.07) is 7.85. The highest BCUT2D eigenvalue weighted by atomic mass is 16.5. The van der Waals surface area contributed by atoms with Crippen LogP contribution in [0.1, 0.15) is 19.4 Å². The van der Waals surface area contributed by atoms with Gasteiger partial charge < -0.3 is 10.1 Å². The third-order valence-electron chi connectivity index (χ3n) is 1.84. The number of rotatable bonds is 4. The van der Waals surface area contributed by atoms with Gasteiger partial charge in [-0.05, 0) is 31.7 Å². The van der Waals surface area contributed by atoms with Crippen molar-refractivity contribution in [2.75, 3.05) is 19.7 Å². The molecule has 0 aliphatic rings. The molecular weight excluding hydrogens is 186 g/mol. The van der Waals surface area contributed by atoms with Gasteiger partial charge in [-0.15, -0.1) is 0 Å². The van der Waals surface area contributed by atoms with Crippen LogP contribution in [-0.4, -0.2) is 19.7 Å². The van der Waals surface area contributed by atoms with Crippen molar-refractivity contribution in [3.8, 4) is 17.6 Å². The monoisotopic (exact) mass is 203 g/mol. The van der Waals surface area contributed by atoms with E-state index in [-0.39, 0.29) is 0 Å². The zero-order valence-corrected chi connectivity index (χ0v) is 9.34. The molecule has 2 heteroatoms. The molecule has 0 saturated heterocycles. The average Bonchev–Trinajstić information content (AvgIpc) is 2.26. The van der Waals surface area contributed by atoms with E-state index < -0.39 is 0 Å². The molecule has 0 unspecified atom stereocenters. The summed E-state index contributed by atoms with van der Waals surface area (Å²) in [5.74, 6) is 7.02. The van der Waals surface area contributed by atoms with Gasteiger partial charge >= 0.3 is 0 Å². The maximum absolute atomic E-state index is 5.39. The number of hydrogen-bond acceptors (Lipinski definition) is 2. The van der Waals surface area contributed by atoms with Crippen molar-refractivity contribution in [1.82, 2.24) is 5.32 Å². The normalized spacial score (nSPS) is 9.20. The molecule has 0 bridgehead atoms. The molecular formula is C13H17NO. The fraction of sp³-hybridized carbons (Fsp3) is 0.385. The second kappa shape index (κ2) is 6.92. The van der Waals surface area contributed by atoms with Crippen LogP contribution in [0.25, 0.3) is 0 Å². The lowest BCUT2D eigenvalue weighted by Crippen LogP contribution is -2.11. The number of nitrogens with one attached hydrogen (secondary N) is 1. The second-order valence-corrected chi connectivity index (χ2v) is 3.04. The molecule has 0 amide bonds. The van der Waals surface area contributed by atoms with Crippen molar-refractivity contribution in [2.24, 2.45) is 0 Å². The first kappa shape index (κ1) is 11.6. The van der Waals surface area contributed by atoms with Crippen LogP contribution in [0.15, 0.2) is 24.3 Å². The lowest BCUT2D eigenvalue weighted by Gasteiger charge is -2.01. The van der Waals surface area contributed by atoms with E-state index in [9.17, 15) is 0 Å². The predicted octanol–water partition coefficient (Wildman–Crippen LogP) is 2.05. The van der Waals surface area contributed by atoms with Crippen LogP contribution >= 0.6 is 0 Å². The number of ether oxygens (including phenoxy) is 1. The molecule has 2 nitrogen and oxygen atoms in total. The second-order valence-electron chi connectivity index (χ2n) is 3.04. The Labute approximate surface area is 91.6 Å². The van der Waals surface area contributed by atoms with E-state index in [4.69, 9.17) is 4.74 Å². The molecule has 1 N–H and O–H groups in total. The predicted molar refractivity (Wildman–Crippen MR) is 63.0 cm³/mol. The van der Waals surface area contributed by atoms with Crippen LogP contribution in [0.5, 0.6) is 5.75 Å². The topological polar surface area (TPSA) is 21.3 Å². The van der Waals surface area contributed by atoms with Crippen molar-refractivity contribution in [3.05, 3.63) is 29.8 Å². The summed E-state index contributed by atoms with van der Waals surface area (Å²) >= 11 is 0. The highest BCUT2D eigenvalue weighted by molar-refractivity contribution is 5.39. The SMILES string of the molecule is CCNCC#Cc1cccc(OCC)c1. The van der Waals surface area contributed by atoms with Gasteiger partial charge in [-0.2, -0.15) is 0 Å². The fourth-order valence-corrected chi connectivity index (χ4v) is 1.16. The Morgan fingerprint density at radius 3 is 2.93 bits per heavy atom. The summed E-state index contributed by atoms with van der Waals surface area (Å²) in [5.41, 5.74) is 0.999. The third-order valence-corrected chi connectivity index (χ3v) is 1.84. The summed E-state index contributed by atoms with van der Waals surface area (Å²) in [6.07, 6.45) is 0. The van der Waals surface area contributed by atoms with Crippen LogP contribution in [0, 0.1) is 11.8 Å². The van der Waals surface area contributed by atoms with E-state index in [2.05, 4.69) is 24.1 Å². The van der Waals surface area contributed by atoms with Gasteiger partial charge in [-0.1, -0.05) is 24.8 Å². The standard InChI is InChI=1S/C13H17NO/c1-3-14-10-6-8-12-7-5-9-13(11-12)15-4-2/h5,7,9,11,14H,3-4,10H2,1-2H3. The number of benzene rings is 1. The number of hydrogen-bond donors (Lipinski definition) is 1. The van der Waals surface area contributed by atoms with Crippen molar-refractivity contribution >= 4 is 0 Å². The van der Waals surface area contributed by atoms with Crippen molar-refractivity contribution < 1.29 is 4.74 Å². The molecule has 0 atom stereocenters. The molecule has 1 rings (SSSR count). The van der Waals surface area contributed by atoms with Crippen LogP contribution < -0.4 is 10.1 Å². The summed E-state index contributed by atoms with van der Waals surface area (Å²) < 4.78 is 5.39. The maximum atomic E-state index is 5.39. The Kier molecular flexibility index (Phi) is 5.35. The Hall–Kier alpha value is -1.46. The lowest BCUT2D eigenvalue weighted by molar-refractivity contribution is 0.340. The average molecular weight is 203 g/mol. The molecule has 0 aliphatic carbocycles. The largest absolute Gasteiger partial charge is 0.494 e. The van der Waals surface area contributed by atoms with Crippen LogP contribution in [-0.2, 0) is 0 Å². The fourth-order valence-electron chi connectivity index (χ4n) is 1.16. The first-order valence-corrected chi connectivity index (χ1v) is 5.29. The van der Waals surface area contributed by atoms with Crippen molar-refractivity contribution in [3.63, 3.8) is 0 Å². The zero-order chi connectivity index (χ0) is 10.9. The molecule has 0 saturated carbocycles. The first-order valence-electron chi connectivity index (χ1n) is 5.29. The van der Waals surface area contributed by atoms with Crippen molar-refractivity contribution in [1.29, 1.82) is 0 Å². The molecule has 0 heterocycles. The lowest BCUT2D eigenvalue weighted by atomic mass is 10.2. The van der Waals surface area contributed by atoms with Gasteiger partial charge in [0.2, 0.25) is 0 Å². The summed E-state index contributed by atoms with van der Waals surface area (Å²) in [5, 5.41) is 3.15. The molecule has 80 valence electrons. The third kappa shape index (κ3) is 4.53. The summed E-state index contributed by atoms with van der Waals surface area (Å²) in [7, 11) is 0. The quantitative estimate of drug-likeness (QED) is 0.597. The Morgan fingerprint density at radius 1 is 1.33 bits per heavy atom. The molecule has 1 aromatic rings. The molecule has 0 aromatic heterocycles. The summed E-state index contributed by atoms with van der Waals surface area (Å²) in [4.78, 5) is 0. The smallest absolute Gasteiger partial charge is 0.120 e. The van der Waals surface area contributed by atoms with E-state index >= 15 is 0 Å². The minimum absolute atomic E-state index is 0.689. The first-order chi connectivity index (χ1) is 7.36. The Bertz CT molecular complexity index is 349. The zero-order valence-electron chi connectivity index (χ0n) is 9.34. The van der Waals surface area contributed by atoms with Crippen LogP contribution in [0.2, 0.25) is 0 Å². The van der Waals surface area contributed by atoms with E-state index in [0.29, 0.717) is 6.61 Å². The highest BCUT2D eigenvalue weighted by Gasteiger charge is 1.92. The van der Waals surface area contributed by atoms with Crippen LogP contribution in [0.4, 0.5) is 0 Å². The van der Waals surface area contributed by atoms with Gasteiger partial charge in [0.25, 0.3) is 0 Å². The van der Waals surface area contributed by atoms with Gasteiger partial charge in [0, 0.05) is 5.56 Å². The molecule has 0 spiro atoms. The molecule has 15 heavy (non-hydrogen) atoms. The Balaban J connectivity index is 2.59. The molecule has 0 radical (unpaired) electrons. The molecule has 0 fully saturated rings. The highest BCUT2D eigenvalue weighted by Crippen LogP contribution is 2.11. The van der Waals surface area contributed by atoms with E-state index in [1.165, 1.54) is 0 Å². The van der Waals surface area contributed by atoms with E-state index in [1.807, 2.05) is 31.2 Å². The molecule has 1 aromatic carbocycles. The van der Waals surface area contributed by atoms with Gasteiger partial charge in [0.15, 0.2) is 0 Å². The van der Waals surface area contributed by atoms with Gasteiger partial charge in [0.05, 0.1) is 13.2 Å². The minimum atomic E-state index is 0.689. The van der Waals surface area contributed by atoms with Gasteiger partial charge in [-0.3, -0.25) is 0 Å². The van der Waals surface area contributed by atoms with E-state index in [1.54, 1.807) is 0 Å². The van der Waals surface area contributed by atoms with Gasteiger partial charge in [0.1, 0.15) is 5.75 Å². The molecule has 0 aliphatic heterocycles. The Morgan fingerprint density at radius 2 is 2.20 bits per heavy atom. The van der Waals surface area contributed by atoms with E-state index in [0.717, 1.165) is 24.4 Å². The van der Waals surface area contributed by atoms with Crippen molar-refractivity contribution in [2.45, 2.75) is 13.8 Å². The minimum Gasteiger partial charge on any atom is -0.494 e.